The molecule has 1 aliphatic rings. The fourth-order valence-electron chi connectivity index (χ4n) is 3.52. The molecule has 144 valence electrons. The zero-order valence-corrected chi connectivity index (χ0v) is 16.6. The Bertz CT molecular complexity index is 1000. The van der Waals surface area contributed by atoms with Gasteiger partial charge >= 0.3 is 0 Å². The third-order valence-corrected chi connectivity index (χ3v) is 4.92. The molecule has 0 radical (unpaired) electrons. The van der Waals surface area contributed by atoms with Crippen LogP contribution in [0.4, 0.5) is 0 Å². The SMILES string of the molecule is COc1ccc2c(c1)OCC(c1cncn1Cc1ccccc1CN(C)C)=C2. The van der Waals surface area contributed by atoms with E-state index in [1.54, 1.807) is 7.11 Å². The summed E-state index contributed by atoms with van der Waals surface area (Å²) in [6.07, 6.45) is 5.99. The van der Waals surface area contributed by atoms with Crippen molar-refractivity contribution in [2.45, 2.75) is 13.1 Å². The molecule has 1 aliphatic heterocycles. The molecule has 0 atom stereocenters. The molecule has 4 rings (SSSR count). The first-order valence-electron chi connectivity index (χ1n) is 9.37. The Morgan fingerprint density at radius 2 is 1.96 bits per heavy atom. The highest BCUT2D eigenvalue weighted by molar-refractivity contribution is 5.84. The van der Waals surface area contributed by atoms with Crippen molar-refractivity contribution >= 4 is 11.6 Å². The Morgan fingerprint density at radius 3 is 2.75 bits per heavy atom. The molecule has 0 saturated carbocycles. The maximum atomic E-state index is 5.99. The summed E-state index contributed by atoms with van der Waals surface area (Å²) in [5, 5.41) is 0. The van der Waals surface area contributed by atoms with Crippen LogP contribution in [0.25, 0.3) is 11.6 Å². The fraction of sp³-hybridized carbons (Fsp3) is 0.261. The molecule has 3 aromatic rings. The number of benzene rings is 2. The minimum atomic E-state index is 0.519. The molecule has 0 aliphatic carbocycles. The van der Waals surface area contributed by atoms with Crippen LogP contribution in [0.15, 0.2) is 55.0 Å². The van der Waals surface area contributed by atoms with Crippen LogP contribution in [0.2, 0.25) is 0 Å². The monoisotopic (exact) mass is 375 g/mol. The number of aromatic nitrogens is 2. The molecule has 0 unspecified atom stereocenters. The number of imidazole rings is 1. The fourth-order valence-corrected chi connectivity index (χ4v) is 3.52. The van der Waals surface area contributed by atoms with Gasteiger partial charge in [-0.1, -0.05) is 24.3 Å². The van der Waals surface area contributed by atoms with Gasteiger partial charge in [0.2, 0.25) is 0 Å². The van der Waals surface area contributed by atoms with Gasteiger partial charge in [0.1, 0.15) is 18.1 Å². The summed E-state index contributed by atoms with van der Waals surface area (Å²) in [7, 11) is 5.85. The lowest BCUT2D eigenvalue weighted by atomic mass is 10.0. The van der Waals surface area contributed by atoms with Crippen molar-refractivity contribution in [3.05, 3.63) is 77.4 Å². The Labute approximate surface area is 165 Å². The second kappa shape index (κ2) is 7.90. The summed E-state index contributed by atoms with van der Waals surface area (Å²) in [5.41, 5.74) is 5.90. The van der Waals surface area contributed by atoms with Crippen molar-refractivity contribution in [2.24, 2.45) is 0 Å². The van der Waals surface area contributed by atoms with Gasteiger partial charge in [-0.2, -0.15) is 0 Å². The minimum Gasteiger partial charge on any atom is -0.497 e. The quantitative estimate of drug-likeness (QED) is 0.654. The topological polar surface area (TPSA) is 39.5 Å². The van der Waals surface area contributed by atoms with E-state index < -0.39 is 0 Å². The second-order valence-corrected chi connectivity index (χ2v) is 7.28. The van der Waals surface area contributed by atoms with Gasteiger partial charge < -0.3 is 18.9 Å². The summed E-state index contributed by atoms with van der Waals surface area (Å²) >= 11 is 0. The summed E-state index contributed by atoms with van der Waals surface area (Å²) in [5.74, 6) is 1.66. The predicted molar refractivity (Wildman–Crippen MR) is 112 cm³/mol. The molecule has 28 heavy (non-hydrogen) atoms. The Morgan fingerprint density at radius 1 is 1.14 bits per heavy atom. The molecule has 2 heterocycles. The Kier molecular flexibility index (Phi) is 5.17. The Balaban J connectivity index is 1.63. The summed E-state index contributed by atoms with van der Waals surface area (Å²) in [4.78, 5) is 6.59. The number of fused-ring (bicyclic) bond motifs is 1. The maximum Gasteiger partial charge on any atom is 0.130 e. The van der Waals surface area contributed by atoms with Crippen LogP contribution in [-0.2, 0) is 13.1 Å². The van der Waals surface area contributed by atoms with E-state index >= 15 is 0 Å². The summed E-state index contributed by atoms with van der Waals surface area (Å²) in [6, 6.07) is 14.5. The van der Waals surface area contributed by atoms with E-state index in [9.17, 15) is 0 Å². The van der Waals surface area contributed by atoms with Gasteiger partial charge in [0.25, 0.3) is 0 Å². The van der Waals surface area contributed by atoms with E-state index in [1.165, 1.54) is 11.1 Å². The first-order valence-corrected chi connectivity index (χ1v) is 9.37. The van der Waals surface area contributed by atoms with Gasteiger partial charge in [-0.05, 0) is 43.4 Å². The highest BCUT2D eigenvalue weighted by atomic mass is 16.5. The van der Waals surface area contributed by atoms with Crippen LogP contribution in [0, 0.1) is 0 Å². The van der Waals surface area contributed by atoms with Gasteiger partial charge in [-0.15, -0.1) is 0 Å². The third kappa shape index (κ3) is 3.80. The lowest BCUT2D eigenvalue weighted by molar-refractivity contribution is 0.358. The standard InChI is InChI=1S/C23H25N3O2/c1-25(2)13-18-6-4-5-7-19(18)14-26-16-24-12-22(26)20-10-17-8-9-21(27-3)11-23(17)28-15-20/h4-12,16H,13-15H2,1-3H3. The maximum absolute atomic E-state index is 5.99. The number of rotatable bonds is 6. The van der Waals surface area contributed by atoms with Gasteiger partial charge in [0.15, 0.2) is 0 Å². The second-order valence-electron chi connectivity index (χ2n) is 7.28. The van der Waals surface area contributed by atoms with E-state index in [0.29, 0.717) is 6.61 Å². The van der Waals surface area contributed by atoms with Crippen molar-refractivity contribution in [1.29, 1.82) is 0 Å². The van der Waals surface area contributed by atoms with Gasteiger partial charge in [0, 0.05) is 30.3 Å². The molecule has 1 aromatic heterocycles. The zero-order valence-electron chi connectivity index (χ0n) is 16.6. The van der Waals surface area contributed by atoms with Crippen LogP contribution in [0.5, 0.6) is 11.5 Å². The first kappa shape index (κ1) is 18.3. The highest BCUT2D eigenvalue weighted by Gasteiger charge is 2.17. The van der Waals surface area contributed by atoms with Crippen molar-refractivity contribution in [3.63, 3.8) is 0 Å². The molecule has 0 fully saturated rings. The van der Waals surface area contributed by atoms with Crippen molar-refractivity contribution in [2.75, 3.05) is 27.8 Å². The van der Waals surface area contributed by atoms with Crippen molar-refractivity contribution in [3.8, 4) is 11.5 Å². The van der Waals surface area contributed by atoms with Crippen LogP contribution >= 0.6 is 0 Å². The smallest absolute Gasteiger partial charge is 0.130 e. The lowest BCUT2D eigenvalue weighted by Gasteiger charge is -2.20. The molecular formula is C23H25N3O2. The average molecular weight is 375 g/mol. The molecule has 5 nitrogen and oxygen atoms in total. The number of nitrogens with zero attached hydrogens (tertiary/aromatic N) is 3. The van der Waals surface area contributed by atoms with Crippen LogP contribution in [0.3, 0.4) is 0 Å². The largest absolute Gasteiger partial charge is 0.497 e. The van der Waals surface area contributed by atoms with E-state index in [2.05, 4.69) is 58.9 Å². The third-order valence-electron chi connectivity index (χ3n) is 4.92. The number of hydrogen-bond donors (Lipinski definition) is 0. The normalized spacial score (nSPS) is 13.1. The number of hydrogen-bond acceptors (Lipinski definition) is 4. The molecule has 0 bridgehead atoms. The van der Waals surface area contributed by atoms with Gasteiger partial charge in [-0.3, -0.25) is 0 Å². The molecule has 0 saturated heterocycles. The molecule has 5 heteroatoms. The summed E-state index contributed by atoms with van der Waals surface area (Å²) in [6.45, 7) is 2.22. The number of methoxy groups -OCH3 is 1. The van der Waals surface area contributed by atoms with E-state index in [4.69, 9.17) is 9.47 Å². The Hall–Kier alpha value is -3.05. The van der Waals surface area contributed by atoms with Gasteiger partial charge in [0.05, 0.1) is 25.3 Å². The van der Waals surface area contributed by atoms with Crippen LogP contribution in [-0.4, -0.2) is 42.3 Å². The molecule has 0 N–H and O–H groups in total. The average Bonchev–Trinajstić information content (AvgIpc) is 3.16. The van der Waals surface area contributed by atoms with Crippen molar-refractivity contribution < 1.29 is 9.47 Å². The summed E-state index contributed by atoms with van der Waals surface area (Å²) < 4.78 is 13.5. The van der Waals surface area contributed by atoms with Gasteiger partial charge in [-0.25, -0.2) is 4.98 Å². The zero-order chi connectivity index (χ0) is 19.5. The van der Waals surface area contributed by atoms with Crippen LogP contribution in [0.1, 0.15) is 22.4 Å². The van der Waals surface area contributed by atoms with Crippen molar-refractivity contribution in [1.82, 2.24) is 14.5 Å². The first-order chi connectivity index (χ1) is 13.6. The van der Waals surface area contributed by atoms with E-state index in [-0.39, 0.29) is 0 Å². The molecule has 2 aromatic carbocycles. The molecule has 0 amide bonds. The molecule has 0 spiro atoms. The minimum absolute atomic E-state index is 0.519. The van der Waals surface area contributed by atoms with Crippen LogP contribution < -0.4 is 9.47 Å². The van der Waals surface area contributed by atoms with E-state index in [1.807, 2.05) is 30.7 Å². The lowest BCUT2D eigenvalue weighted by Crippen LogP contribution is -2.14. The van der Waals surface area contributed by atoms with E-state index in [0.717, 1.165) is 41.4 Å². The highest BCUT2D eigenvalue weighted by Crippen LogP contribution is 2.33. The predicted octanol–water partition coefficient (Wildman–Crippen LogP) is 3.93. The molecular weight excluding hydrogens is 350 g/mol. The number of ether oxygens (including phenoxy) is 2.